The molecule has 9 nitrogen and oxygen atoms in total. The average molecular weight is 622 g/mol. The highest BCUT2D eigenvalue weighted by atomic mass is 16.5. The number of benzene rings is 4. The first-order valence-electron chi connectivity index (χ1n) is 15.2. The van der Waals surface area contributed by atoms with E-state index in [0.717, 1.165) is 16.7 Å². The van der Waals surface area contributed by atoms with Crippen LogP contribution in [-0.4, -0.2) is 49.9 Å². The molecule has 0 aromatic heterocycles. The van der Waals surface area contributed by atoms with Crippen molar-refractivity contribution in [3.05, 3.63) is 131 Å². The van der Waals surface area contributed by atoms with Crippen molar-refractivity contribution in [2.45, 2.75) is 31.0 Å². The van der Waals surface area contributed by atoms with Crippen LogP contribution >= 0.6 is 0 Å². The standard InChI is InChI=1S/C37H39N3O6/c1-43-32-16-8-15-29(25-32)34-37(22-9-13-27-11-4-3-5-12-27,36(42)40-38-26-30-14-6-7-17-33(30)44-2)39-35(46-34)28-18-20-31(21-19-28)45-24-10-23-41/h3-9,11-21,25,34,38,41H,10,22-24,26H2,1-2H3,(H,40,42)/b13-9+/t34-,37-/m0/s1. The second-order valence-corrected chi connectivity index (χ2v) is 10.7. The normalized spacial score (nSPS) is 17.3. The molecule has 4 aromatic carbocycles. The molecule has 0 aliphatic carbocycles. The monoisotopic (exact) mass is 621 g/mol. The van der Waals surface area contributed by atoms with Crippen molar-refractivity contribution < 1.29 is 28.8 Å². The number of hydrogen-bond donors (Lipinski definition) is 3. The number of methoxy groups -OCH3 is 2. The van der Waals surface area contributed by atoms with Gasteiger partial charge in [0.05, 0.1) is 20.8 Å². The van der Waals surface area contributed by atoms with Crippen LogP contribution in [0.1, 0.15) is 41.2 Å². The fourth-order valence-corrected chi connectivity index (χ4v) is 5.24. The first kappa shape index (κ1) is 32.3. The summed E-state index contributed by atoms with van der Waals surface area (Å²) in [5.74, 6) is 2.00. The Morgan fingerprint density at radius 1 is 0.935 bits per heavy atom. The predicted octanol–water partition coefficient (Wildman–Crippen LogP) is 5.65. The minimum absolute atomic E-state index is 0.0605. The van der Waals surface area contributed by atoms with Gasteiger partial charge in [0.25, 0.3) is 5.91 Å². The summed E-state index contributed by atoms with van der Waals surface area (Å²) in [6, 6.07) is 32.4. The summed E-state index contributed by atoms with van der Waals surface area (Å²) in [7, 11) is 3.22. The Labute approximate surface area is 269 Å². The number of aliphatic hydroxyl groups excluding tert-OH is 1. The Bertz CT molecular complexity index is 1640. The zero-order valence-electron chi connectivity index (χ0n) is 26.0. The summed E-state index contributed by atoms with van der Waals surface area (Å²) in [4.78, 5) is 19.4. The Balaban J connectivity index is 1.50. The molecule has 1 heterocycles. The second-order valence-electron chi connectivity index (χ2n) is 10.7. The number of para-hydroxylation sites is 1. The van der Waals surface area contributed by atoms with Gasteiger partial charge in [0.1, 0.15) is 17.2 Å². The van der Waals surface area contributed by atoms with Gasteiger partial charge in [-0.25, -0.2) is 10.4 Å². The highest BCUT2D eigenvalue weighted by Crippen LogP contribution is 2.43. The van der Waals surface area contributed by atoms with Crippen LogP contribution in [0.2, 0.25) is 0 Å². The van der Waals surface area contributed by atoms with Crippen LogP contribution in [0.5, 0.6) is 17.2 Å². The van der Waals surface area contributed by atoms with Gasteiger partial charge in [0, 0.05) is 37.1 Å². The van der Waals surface area contributed by atoms with Gasteiger partial charge in [-0.15, -0.1) is 0 Å². The van der Waals surface area contributed by atoms with Crippen molar-refractivity contribution in [2.24, 2.45) is 4.99 Å². The van der Waals surface area contributed by atoms with Crippen molar-refractivity contribution in [3.63, 3.8) is 0 Å². The maximum Gasteiger partial charge on any atom is 0.266 e. The van der Waals surface area contributed by atoms with Crippen LogP contribution in [-0.2, 0) is 16.1 Å². The van der Waals surface area contributed by atoms with E-state index >= 15 is 0 Å². The minimum atomic E-state index is -1.38. The van der Waals surface area contributed by atoms with Gasteiger partial charge in [0.2, 0.25) is 5.90 Å². The number of nitrogens with one attached hydrogen (secondary N) is 2. The molecule has 0 fully saturated rings. The van der Waals surface area contributed by atoms with Crippen LogP contribution < -0.4 is 25.1 Å². The summed E-state index contributed by atoms with van der Waals surface area (Å²) in [6.45, 7) is 0.805. The third-order valence-corrected chi connectivity index (χ3v) is 7.64. The molecule has 1 amide bonds. The fraction of sp³-hybridized carbons (Fsp3) is 0.243. The quantitative estimate of drug-likeness (QED) is 0.116. The van der Waals surface area contributed by atoms with E-state index < -0.39 is 11.6 Å². The van der Waals surface area contributed by atoms with Gasteiger partial charge >= 0.3 is 0 Å². The van der Waals surface area contributed by atoms with Crippen molar-refractivity contribution in [2.75, 3.05) is 27.4 Å². The molecule has 2 atom stereocenters. The molecule has 9 heteroatoms. The number of carbonyl (C=O) groups is 1. The van der Waals surface area contributed by atoms with Crippen LogP contribution in [0.25, 0.3) is 6.08 Å². The molecule has 0 bridgehead atoms. The fourth-order valence-electron chi connectivity index (χ4n) is 5.24. The molecule has 0 spiro atoms. The number of nitrogens with zero attached hydrogens (tertiary/aromatic N) is 1. The van der Waals surface area contributed by atoms with Crippen molar-refractivity contribution >= 4 is 17.9 Å². The summed E-state index contributed by atoms with van der Waals surface area (Å²) in [6.07, 6.45) is 3.95. The van der Waals surface area contributed by atoms with E-state index in [2.05, 4.69) is 10.9 Å². The smallest absolute Gasteiger partial charge is 0.266 e. The molecule has 4 aromatic rings. The van der Waals surface area contributed by atoms with E-state index in [-0.39, 0.29) is 18.9 Å². The lowest BCUT2D eigenvalue weighted by atomic mass is 9.84. The number of ether oxygens (including phenoxy) is 4. The SMILES string of the molecule is COc1cccc([C@@H]2OC(c3ccc(OCCCO)cc3)=N[C@]2(C/C=C/c2ccccc2)C(=O)NNCc2ccccc2OC)c1. The molecule has 1 aliphatic heterocycles. The van der Waals surface area contributed by atoms with E-state index in [1.54, 1.807) is 14.2 Å². The topological polar surface area (TPSA) is 111 Å². The number of hydrogen-bond acceptors (Lipinski definition) is 8. The Morgan fingerprint density at radius 2 is 1.72 bits per heavy atom. The lowest BCUT2D eigenvalue weighted by Gasteiger charge is -2.30. The third-order valence-electron chi connectivity index (χ3n) is 7.64. The molecular formula is C37H39N3O6. The molecule has 46 heavy (non-hydrogen) atoms. The van der Waals surface area contributed by atoms with E-state index in [0.29, 0.717) is 48.3 Å². The zero-order chi connectivity index (χ0) is 32.2. The molecule has 0 saturated heterocycles. The molecule has 0 unspecified atom stereocenters. The first-order valence-corrected chi connectivity index (χ1v) is 15.2. The minimum Gasteiger partial charge on any atom is -0.497 e. The summed E-state index contributed by atoms with van der Waals surface area (Å²) in [5, 5.41) is 9.07. The molecular weight excluding hydrogens is 582 g/mol. The van der Waals surface area contributed by atoms with Gasteiger partial charge in [-0.05, 0) is 53.6 Å². The Hall–Kier alpha value is -5.12. The number of rotatable bonds is 15. The first-order chi connectivity index (χ1) is 22.6. The van der Waals surface area contributed by atoms with E-state index in [9.17, 15) is 4.79 Å². The van der Waals surface area contributed by atoms with E-state index in [1.165, 1.54) is 0 Å². The molecule has 0 saturated carbocycles. The average Bonchev–Trinajstić information content (AvgIpc) is 3.50. The highest BCUT2D eigenvalue weighted by Gasteiger charge is 2.52. The lowest BCUT2D eigenvalue weighted by Crippen LogP contribution is -2.52. The van der Waals surface area contributed by atoms with Crippen LogP contribution in [0.15, 0.2) is 114 Å². The molecule has 1 aliphatic rings. The third kappa shape index (κ3) is 7.74. The van der Waals surface area contributed by atoms with Gasteiger partial charge in [-0.3, -0.25) is 10.2 Å². The van der Waals surface area contributed by atoms with E-state index in [4.69, 9.17) is 29.0 Å². The number of carbonyl (C=O) groups excluding carboxylic acids is 1. The zero-order valence-corrected chi connectivity index (χ0v) is 26.0. The van der Waals surface area contributed by atoms with Gasteiger partial charge in [-0.1, -0.05) is 72.8 Å². The predicted molar refractivity (Wildman–Crippen MR) is 178 cm³/mol. The van der Waals surface area contributed by atoms with Gasteiger partial charge in [-0.2, -0.15) is 0 Å². The summed E-state index contributed by atoms with van der Waals surface area (Å²) < 4.78 is 23.3. The number of hydrazine groups is 1. The van der Waals surface area contributed by atoms with Crippen LogP contribution in [0.4, 0.5) is 0 Å². The Morgan fingerprint density at radius 3 is 2.48 bits per heavy atom. The van der Waals surface area contributed by atoms with E-state index in [1.807, 2.05) is 115 Å². The molecule has 3 N–H and O–H groups in total. The molecule has 238 valence electrons. The molecule has 5 rings (SSSR count). The Kier molecular flexibility index (Phi) is 11.0. The summed E-state index contributed by atoms with van der Waals surface area (Å²) in [5.41, 5.74) is 7.96. The largest absolute Gasteiger partial charge is 0.497 e. The highest BCUT2D eigenvalue weighted by molar-refractivity contribution is 6.01. The van der Waals surface area contributed by atoms with Gasteiger partial charge < -0.3 is 24.1 Å². The van der Waals surface area contributed by atoms with Crippen molar-refractivity contribution in [1.82, 2.24) is 10.9 Å². The molecule has 0 radical (unpaired) electrons. The maximum absolute atomic E-state index is 14.4. The summed E-state index contributed by atoms with van der Waals surface area (Å²) >= 11 is 0. The second kappa shape index (κ2) is 15.7. The number of aliphatic imine (C=N–C) groups is 1. The van der Waals surface area contributed by atoms with Crippen molar-refractivity contribution in [1.29, 1.82) is 0 Å². The number of aliphatic hydroxyl groups is 1. The van der Waals surface area contributed by atoms with Crippen molar-refractivity contribution in [3.8, 4) is 17.2 Å². The maximum atomic E-state index is 14.4. The number of amides is 1. The van der Waals surface area contributed by atoms with Crippen LogP contribution in [0, 0.1) is 0 Å². The van der Waals surface area contributed by atoms with Crippen LogP contribution in [0.3, 0.4) is 0 Å². The lowest BCUT2D eigenvalue weighted by molar-refractivity contribution is -0.129. The van der Waals surface area contributed by atoms with Gasteiger partial charge in [0.15, 0.2) is 11.6 Å².